The Labute approximate surface area is 104 Å². The van der Waals surface area contributed by atoms with Crippen LogP contribution in [0.3, 0.4) is 0 Å². The number of nitrogens with one attached hydrogen (secondary N) is 1. The van der Waals surface area contributed by atoms with Gasteiger partial charge >= 0.3 is 0 Å². The largest absolute Gasteiger partial charge is 0.310 e. The van der Waals surface area contributed by atoms with Crippen molar-refractivity contribution < 1.29 is 4.79 Å². The zero-order valence-corrected chi connectivity index (χ0v) is 11.3. The molecule has 1 rings (SSSR count). The molecule has 1 N–H and O–H groups in total. The summed E-state index contributed by atoms with van der Waals surface area (Å²) in [5.74, 6) is 0.857. The van der Waals surface area contributed by atoms with Crippen LogP contribution in [0.2, 0.25) is 0 Å². The first-order chi connectivity index (χ1) is 8.00. The number of benzene rings is 1. The minimum atomic E-state index is 0.178. The van der Waals surface area contributed by atoms with Gasteiger partial charge in [-0.1, -0.05) is 26.0 Å². The Morgan fingerprint density at radius 1 is 1.24 bits per heavy atom. The van der Waals surface area contributed by atoms with Crippen molar-refractivity contribution in [3.63, 3.8) is 0 Å². The van der Waals surface area contributed by atoms with E-state index in [1.165, 1.54) is 11.1 Å². The normalized spacial score (nSPS) is 10.9. The van der Waals surface area contributed by atoms with Gasteiger partial charge in [-0.15, -0.1) is 0 Å². The topological polar surface area (TPSA) is 29.1 Å². The Balaban J connectivity index is 2.44. The lowest BCUT2D eigenvalue weighted by Crippen LogP contribution is -2.24. The first-order valence-corrected chi connectivity index (χ1v) is 6.32. The zero-order valence-electron chi connectivity index (χ0n) is 11.3. The predicted molar refractivity (Wildman–Crippen MR) is 72.6 cm³/mol. The Hall–Kier alpha value is -1.15. The lowest BCUT2D eigenvalue weighted by atomic mass is 10.0. The summed E-state index contributed by atoms with van der Waals surface area (Å²) >= 11 is 0. The quantitative estimate of drug-likeness (QED) is 0.604. The van der Waals surface area contributed by atoms with Crippen LogP contribution in [0.1, 0.15) is 41.8 Å². The van der Waals surface area contributed by atoms with Crippen LogP contribution < -0.4 is 5.32 Å². The summed E-state index contributed by atoms with van der Waals surface area (Å²) in [6.45, 7) is 9.83. The highest BCUT2D eigenvalue weighted by Gasteiger charge is 2.06. The molecule has 0 amide bonds. The fourth-order valence-corrected chi connectivity index (χ4v) is 1.61. The summed E-state index contributed by atoms with van der Waals surface area (Å²) in [7, 11) is 0. The average Bonchev–Trinajstić information content (AvgIpc) is 2.27. The molecule has 0 spiro atoms. The summed E-state index contributed by atoms with van der Waals surface area (Å²) in [6, 6.07) is 5.90. The summed E-state index contributed by atoms with van der Waals surface area (Å²) in [6.07, 6.45) is 1.11. The van der Waals surface area contributed by atoms with Crippen LogP contribution in [-0.4, -0.2) is 18.9 Å². The minimum Gasteiger partial charge on any atom is -0.310 e. The van der Waals surface area contributed by atoms with E-state index in [4.69, 9.17) is 0 Å². The van der Waals surface area contributed by atoms with E-state index >= 15 is 0 Å². The molecule has 17 heavy (non-hydrogen) atoms. The maximum Gasteiger partial charge on any atom is 0.176 e. The molecule has 0 atom stereocenters. The first kappa shape index (κ1) is 13.9. The second-order valence-electron chi connectivity index (χ2n) is 5.08. The Morgan fingerprint density at radius 2 is 1.94 bits per heavy atom. The van der Waals surface area contributed by atoms with Gasteiger partial charge in [0.15, 0.2) is 5.78 Å². The van der Waals surface area contributed by atoms with Gasteiger partial charge in [0.1, 0.15) is 0 Å². The molecular formula is C15H23NO. The number of hydrogen-bond acceptors (Lipinski definition) is 2. The van der Waals surface area contributed by atoms with Gasteiger partial charge in [-0.3, -0.25) is 4.79 Å². The van der Waals surface area contributed by atoms with Gasteiger partial charge in [-0.2, -0.15) is 0 Å². The van der Waals surface area contributed by atoms with Gasteiger partial charge in [0.25, 0.3) is 0 Å². The van der Waals surface area contributed by atoms with Gasteiger partial charge in [0.2, 0.25) is 0 Å². The van der Waals surface area contributed by atoms with Crippen LogP contribution in [0, 0.1) is 19.8 Å². The van der Waals surface area contributed by atoms with Gasteiger partial charge in [-0.05, 0) is 49.9 Å². The second-order valence-corrected chi connectivity index (χ2v) is 5.08. The standard InChI is InChI=1S/C15H23NO/c1-11(2)7-8-16-10-15(17)14-6-5-12(3)13(4)9-14/h5-6,9,11,16H,7-8,10H2,1-4H3. The molecule has 1 aromatic carbocycles. The van der Waals surface area contributed by atoms with Gasteiger partial charge in [0.05, 0.1) is 6.54 Å². The number of rotatable bonds is 6. The van der Waals surface area contributed by atoms with E-state index < -0.39 is 0 Å². The molecule has 0 saturated heterocycles. The molecule has 0 saturated carbocycles. The van der Waals surface area contributed by atoms with E-state index in [-0.39, 0.29) is 5.78 Å². The average molecular weight is 233 g/mol. The number of hydrogen-bond donors (Lipinski definition) is 1. The molecule has 1 aromatic rings. The van der Waals surface area contributed by atoms with Crippen LogP contribution >= 0.6 is 0 Å². The van der Waals surface area contributed by atoms with Crippen LogP contribution in [0.4, 0.5) is 0 Å². The summed E-state index contributed by atoms with van der Waals surface area (Å²) in [4.78, 5) is 11.9. The van der Waals surface area contributed by atoms with E-state index in [1.54, 1.807) is 0 Å². The number of Topliss-reactive ketones (excluding diaryl/α,β-unsaturated/α-hetero) is 1. The molecule has 0 aliphatic carbocycles. The van der Waals surface area contributed by atoms with Crippen molar-refractivity contribution in [1.29, 1.82) is 0 Å². The van der Waals surface area contributed by atoms with Crippen molar-refractivity contribution in [3.05, 3.63) is 34.9 Å². The number of carbonyl (C=O) groups is 1. The molecule has 94 valence electrons. The summed E-state index contributed by atoms with van der Waals surface area (Å²) < 4.78 is 0. The van der Waals surface area contributed by atoms with Crippen molar-refractivity contribution in [2.75, 3.05) is 13.1 Å². The molecular weight excluding hydrogens is 210 g/mol. The van der Waals surface area contributed by atoms with E-state index in [0.717, 1.165) is 18.5 Å². The van der Waals surface area contributed by atoms with Crippen LogP contribution in [-0.2, 0) is 0 Å². The van der Waals surface area contributed by atoms with Crippen LogP contribution in [0.25, 0.3) is 0 Å². The fourth-order valence-electron chi connectivity index (χ4n) is 1.61. The molecule has 0 aliphatic heterocycles. The van der Waals surface area contributed by atoms with Gasteiger partial charge in [0, 0.05) is 5.56 Å². The molecule has 0 aromatic heterocycles. The Morgan fingerprint density at radius 3 is 2.53 bits per heavy atom. The van der Waals surface area contributed by atoms with Gasteiger partial charge in [-0.25, -0.2) is 0 Å². The lowest BCUT2D eigenvalue weighted by molar-refractivity contribution is 0.0990. The van der Waals surface area contributed by atoms with Crippen molar-refractivity contribution in [2.45, 2.75) is 34.1 Å². The molecule has 0 fully saturated rings. The molecule has 0 aliphatic rings. The van der Waals surface area contributed by atoms with E-state index in [0.29, 0.717) is 12.5 Å². The third-order valence-electron chi connectivity index (χ3n) is 3.01. The smallest absolute Gasteiger partial charge is 0.176 e. The predicted octanol–water partition coefficient (Wildman–Crippen LogP) is 3.12. The number of ketones is 1. The summed E-state index contributed by atoms with van der Waals surface area (Å²) in [5.41, 5.74) is 3.22. The molecule has 2 nitrogen and oxygen atoms in total. The Kier molecular flexibility index (Phi) is 5.36. The fraction of sp³-hybridized carbons (Fsp3) is 0.533. The summed E-state index contributed by atoms with van der Waals surface area (Å²) in [5, 5.41) is 3.20. The van der Waals surface area contributed by atoms with E-state index in [2.05, 4.69) is 26.1 Å². The third kappa shape index (κ3) is 4.70. The van der Waals surface area contributed by atoms with Crippen LogP contribution in [0.5, 0.6) is 0 Å². The molecule has 0 heterocycles. The zero-order chi connectivity index (χ0) is 12.8. The first-order valence-electron chi connectivity index (χ1n) is 6.32. The monoisotopic (exact) mass is 233 g/mol. The van der Waals surface area contributed by atoms with Crippen molar-refractivity contribution in [2.24, 2.45) is 5.92 Å². The number of aryl methyl sites for hydroxylation is 2. The molecule has 0 bridgehead atoms. The van der Waals surface area contributed by atoms with Crippen LogP contribution in [0.15, 0.2) is 18.2 Å². The molecule has 2 heteroatoms. The highest BCUT2D eigenvalue weighted by Crippen LogP contribution is 2.10. The highest BCUT2D eigenvalue weighted by atomic mass is 16.1. The third-order valence-corrected chi connectivity index (χ3v) is 3.01. The van der Waals surface area contributed by atoms with Gasteiger partial charge < -0.3 is 5.32 Å². The minimum absolute atomic E-state index is 0.178. The Bertz CT molecular complexity index is 383. The van der Waals surface area contributed by atoms with Crippen molar-refractivity contribution in [3.8, 4) is 0 Å². The molecule has 0 radical (unpaired) electrons. The maximum atomic E-state index is 11.9. The van der Waals surface area contributed by atoms with E-state index in [9.17, 15) is 4.79 Å². The molecule has 0 unspecified atom stereocenters. The van der Waals surface area contributed by atoms with E-state index in [1.807, 2.05) is 25.1 Å². The highest BCUT2D eigenvalue weighted by molar-refractivity contribution is 5.97. The lowest BCUT2D eigenvalue weighted by Gasteiger charge is -2.07. The van der Waals surface area contributed by atoms with Crippen molar-refractivity contribution in [1.82, 2.24) is 5.32 Å². The SMILES string of the molecule is Cc1ccc(C(=O)CNCCC(C)C)cc1C. The second kappa shape index (κ2) is 6.55. The van der Waals surface area contributed by atoms with Crippen molar-refractivity contribution >= 4 is 5.78 Å². The number of carbonyl (C=O) groups excluding carboxylic acids is 1. The maximum absolute atomic E-state index is 11.9.